The Labute approximate surface area is 107 Å². The van der Waals surface area contributed by atoms with E-state index in [9.17, 15) is 0 Å². The van der Waals surface area contributed by atoms with Gasteiger partial charge in [0.15, 0.2) is 5.17 Å². The van der Waals surface area contributed by atoms with Crippen molar-refractivity contribution in [3.63, 3.8) is 0 Å². The highest BCUT2D eigenvalue weighted by Gasteiger charge is 2.17. The molecule has 1 aliphatic rings. The highest BCUT2D eigenvalue weighted by atomic mass is 32.2. The summed E-state index contributed by atoms with van der Waals surface area (Å²) in [5.74, 6) is 0. The summed E-state index contributed by atoms with van der Waals surface area (Å²) in [6.45, 7) is 6.01. The van der Waals surface area contributed by atoms with Crippen molar-refractivity contribution in [1.29, 1.82) is 0 Å². The van der Waals surface area contributed by atoms with Gasteiger partial charge in [0.05, 0.1) is 6.54 Å². The minimum absolute atomic E-state index is 0.679. The molecular formula is C13H19N3S. The van der Waals surface area contributed by atoms with Crippen LogP contribution in [0, 0.1) is 6.92 Å². The average molecular weight is 249 g/mol. The van der Waals surface area contributed by atoms with E-state index in [-0.39, 0.29) is 0 Å². The maximum atomic E-state index is 4.52. The standard InChI is InChI=1S/C13H19N3S/c1-3-4-12-9-16-13(17-12)15-8-11-6-5-10(2)14-7-11/h5-7,12H,3-4,8-9H2,1-2H3,(H,15,16). The van der Waals surface area contributed by atoms with E-state index < -0.39 is 0 Å². The van der Waals surface area contributed by atoms with Gasteiger partial charge in [-0.25, -0.2) is 0 Å². The van der Waals surface area contributed by atoms with Gasteiger partial charge in [-0.3, -0.25) is 9.98 Å². The van der Waals surface area contributed by atoms with Crippen molar-refractivity contribution >= 4 is 16.9 Å². The topological polar surface area (TPSA) is 37.3 Å². The number of pyridine rings is 1. The highest BCUT2D eigenvalue weighted by Crippen LogP contribution is 2.23. The van der Waals surface area contributed by atoms with Crippen molar-refractivity contribution in [2.75, 3.05) is 6.54 Å². The van der Waals surface area contributed by atoms with Gasteiger partial charge in [0.1, 0.15) is 0 Å². The second-order valence-corrected chi connectivity index (χ2v) is 5.62. The molecular weight excluding hydrogens is 230 g/mol. The summed E-state index contributed by atoms with van der Waals surface area (Å²) in [6.07, 6.45) is 4.42. The molecule has 1 aromatic heterocycles. The summed E-state index contributed by atoms with van der Waals surface area (Å²) < 4.78 is 0. The molecule has 1 N–H and O–H groups in total. The van der Waals surface area contributed by atoms with Gasteiger partial charge in [-0.15, -0.1) is 0 Å². The number of aromatic nitrogens is 1. The molecule has 17 heavy (non-hydrogen) atoms. The van der Waals surface area contributed by atoms with Crippen LogP contribution in [0.15, 0.2) is 23.3 Å². The molecule has 0 spiro atoms. The van der Waals surface area contributed by atoms with E-state index >= 15 is 0 Å². The third-order valence-corrected chi connectivity index (χ3v) is 3.96. The molecule has 1 atom stereocenters. The van der Waals surface area contributed by atoms with Crippen molar-refractivity contribution in [2.45, 2.75) is 38.5 Å². The molecule has 0 aliphatic carbocycles. The van der Waals surface area contributed by atoms with E-state index in [0.717, 1.165) is 24.0 Å². The van der Waals surface area contributed by atoms with Gasteiger partial charge in [0, 0.05) is 23.7 Å². The van der Waals surface area contributed by atoms with Gasteiger partial charge in [-0.1, -0.05) is 31.2 Å². The minimum atomic E-state index is 0.679. The van der Waals surface area contributed by atoms with Crippen LogP contribution in [0.3, 0.4) is 0 Å². The number of nitrogens with one attached hydrogen (secondary N) is 1. The Balaban J connectivity index is 1.78. The fourth-order valence-electron chi connectivity index (χ4n) is 1.77. The Kier molecular flexibility index (Phi) is 4.42. The maximum Gasteiger partial charge on any atom is 0.157 e. The molecule has 0 radical (unpaired) electrons. The van der Waals surface area contributed by atoms with Gasteiger partial charge in [0.2, 0.25) is 0 Å². The number of nitrogens with zero attached hydrogens (tertiary/aromatic N) is 2. The summed E-state index contributed by atoms with van der Waals surface area (Å²) in [6, 6.07) is 4.15. The molecule has 3 nitrogen and oxygen atoms in total. The van der Waals surface area contributed by atoms with Crippen LogP contribution < -0.4 is 5.32 Å². The Morgan fingerprint density at radius 1 is 1.47 bits per heavy atom. The van der Waals surface area contributed by atoms with Crippen LogP contribution in [0.1, 0.15) is 31.0 Å². The van der Waals surface area contributed by atoms with Crippen LogP contribution in [0.2, 0.25) is 0 Å². The van der Waals surface area contributed by atoms with Crippen LogP contribution in [0.25, 0.3) is 0 Å². The molecule has 0 amide bonds. The van der Waals surface area contributed by atoms with Crippen molar-refractivity contribution in [2.24, 2.45) is 4.99 Å². The third-order valence-electron chi connectivity index (χ3n) is 2.74. The molecule has 4 heteroatoms. The zero-order valence-electron chi connectivity index (χ0n) is 10.4. The monoisotopic (exact) mass is 249 g/mol. The Morgan fingerprint density at radius 2 is 2.35 bits per heavy atom. The number of aliphatic imine (C=N–C) groups is 1. The predicted molar refractivity (Wildman–Crippen MR) is 74.4 cm³/mol. The van der Waals surface area contributed by atoms with E-state index in [4.69, 9.17) is 0 Å². The van der Waals surface area contributed by atoms with Gasteiger partial charge >= 0.3 is 0 Å². The number of aryl methyl sites for hydroxylation is 1. The van der Waals surface area contributed by atoms with Crippen molar-refractivity contribution in [3.8, 4) is 0 Å². The lowest BCUT2D eigenvalue weighted by Gasteiger charge is -2.07. The number of hydrogen-bond acceptors (Lipinski definition) is 4. The van der Waals surface area contributed by atoms with E-state index in [2.05, 4.69) is 28.3 Å². The van der Waals surface area contributed by atoms with Crippen molar-refractivity contribution in [3.05, 3.63) is 29.6 Å². The fraction of sp³-hybridized carbons (Fsp3) is 0.538. The van der Waals surface area contributed by atoms with Crippen LogP contribution >= 0.6 is 11.8 Å². The first-order valence-corrected chi connectivity index (χ1v) is 7.02. The van der Waals surface area contributed by atoms with Crippen molar-refractivity contribution in [1.82, 2.24) is 10.3 Å². The molecule has 0 saturated heterocycles. The summed E-state index contributed by atoms with van der Waals surface area (Å²) in [7, 11) is 0. The van der Waals surface area contributed by atoms with Crippen LogP contribution in [-0.2, 0) is 6.54 Å². The fourth-order valence-corrected chi connectivity index (χ4v) is 2.89. The lowest BCUT2D eigenvalue weighted by Crippen LogP contribution is -2.19. The second kappa shape index (κ2) is 6.05. The molecule has 1 unspecified atom stereocenters. The van der Waals surface area contributed by atoms with Crippen molar-refractivity contribution < 1.29 is 0 Å². The van der Waals surface area contributed by atoms with Crippen LogP contribution in [0.4, 0.5) is 0 Å². The Morgan fingerprint density at radius 3 is 3.06 bits per heavy atom. The molecule has 0 saturated carbocycles. The first-order chi connectivity index (χ1) is 8.28. The summed E-state index contributed by atoms with van der Waals surface area (Å²) in [5, 5.41) is 5.15. The molecule has 0 aromatic carbocycles. The molecule has 2 rings (SSSR count). The zero-order valence-corrected chi connectivity index (χ0v) is 11.3. The van der Waals surface area contributed by atoms with Crippen LogP contribution in [0.5, 0.6) is 0 Å². The zero-order chi connectivity index (χ0) is 12.1. The van der Waals surface area contributed by atoms with E-state index in [0.29, 0.717) is 5.25 Å². The first kappa shape index (κ1) is 12.4. The quantitative estimate of drug-likeness (QED) is 0.891. The summed E-state index contributed by atoms with van der Waals surface area (Å²) in [5.41, 5.74) is 2.27. The van der Waals surface area contributed by atoms with Gasteiger partial charge in [-0.2, -0.15) is 0 Å². The molecule has 1 aromatic rings. The number of hydrogen-bond donors (Lipinski definition) is 1. The van der Waals surface area contributed by atoms with E-state index in [1.807, 2.05) is 30.9 Å². The molecule has 92 valence electrons. The molecule has 1 aliphatic heterocycles. The van der Waals surface area contributed by atoms with E-state index in [1.54, 1.807) is 0 Å². The van der Waals surface area contributed by atoms with Gasteiger partial charge in [-0.05, 0) is 25.0 Å². The number of rotatable bonds is 4. The summed E-state index contributed by atoms with van der Waals surface area (Å²) in [4.78, 5) is 8.80. The second-order valence-electron chi connectivity index (χ2n) is 4.34. The Hall–Kier alpha value is -1.03. The molecule has 0 bridgehead atoms. The predicted octanol–water partition coefficient (Wildman–Crippen LogP) is 2.75. The third kappa shape index (κ3) is 3.73. The van der Waals surface area contributed by atoms with Crippen LogP contribution in [-0.4, -0.2) is 21.9 Å². The largest absolute Gasteiger partial charge is 0.361 e. The van der Waals surface area contributed by atoms with E-state index in [1.165, 1.54) is 18.4 Å². The molecule has 2 heterocycles. The Bertz CT molecular complexity index is 386. The maximum absolute atomic E-state index is 4.52. The lowest BCUT2D eigenvalue weighted by molar-refractivity contribution is 0.753. The average Bonchev–Trinajstić information content (AvgIpc) is 2.77. The van der Waals surface area contributed by atoms with Gasteiger partial charge < -0.3 is 5.32 Å². The van der Waals surface area contributed by atoms with Gasteiger partial charge in [0.25, 0.3) is 0 Å². The lowest BCUT2D eigenvalue weighted by atomic mass is 10.2. The highest BCUT2D eigenvalue weighted by molar-refractivity contribution is 8.14. The summed E-state index contributed by atoms with van der Waals surface area (Å²) >= 11 is 1.88. The molecule has 0 fully saturated rings. The number of amidine groups is 1. The minimum Gasteiger partial charge on any atom is -0.361 e. The first-order valence-electron chi connectivity index (χ1n) is 6.14. The SMILES string of the molecule is CCCC1CN=C(NCc2ccc(C)nc2)S1. The normalized spacial score (nSPS) is 19.2. The number of thioether (sulfide) groups is 1. The smallest absolute Gasteiger partial charge is 0.157 e.